The molecule has 7 heteroatoms. The first kappa shape index (κ1) is 18.0. The lowest BCUT2D eigenvalue weighted by Gasteiger charge is -2.06. The van der Waals surface area contributed by atoms with E-state index in [4.69, 9.17) is 9.15 Å². The Bertz CT molecular complexity index is 881. The van der Waals surface area contributed by atoms with Gasteiger partial charge in [0, 0.05) is 5.69 Å². The van der Waals surface area contributed by atoms with Crippen molar-refractivity contribution in [2.45, 2.75) is 25.7 Å². The topological polar surface area (TPSA) is 77.2 Å². The Labute approximate surface area is 156 Å². The molecule has 0 aliphatic heterocycles. The largest absolute Gasteiger partial charge is 0.484 e. The quantitative estimate of drug-likeness (QED) is 0.635. The highest BCUT2D eigenvalue weighted by Gasteiger charge is 2.10. The third-order valence-electron chi connectivity index (χ3n) is 3.67. The summed E-state index contributed by atoms with van der Waals surface area (Å²) >= 11 is 1.19. The van der Waals surface area contributed by atoms with Gasteiger partial charge < -0.3 is 14.5 Å². The van der Waals surface area contributed by atoms with Gasteiger partial charge in [-0.15, -0.1) is 10.2 Å². The maximum absolute atomic E-state index is 11.9. The number of nitrogens with one attached hydrogen (secondary N) is 1. The average Bonchev–Trinajstić information content (AvgIpc) is 3.10. The number of anilines is 1. The second kappa shape index (κ2) is 8.53. The summed E-state index contributed by atoms with van der Waals surface area (Å²) in [6.45, 7) is 4.27. The van der Waals surface area contributed by atoms with Gasteiger partial charge >= 0.3 is 0 Å². The van der Waals surface area contributed by atoms with Crippen molar-refractivity contribution in [2.24, 2.45) is 0 Å². The van der Waals surface area contributed by atoms with E-state index < -0.39 is 0 Å². The van der Waals surface area contributed by atoms with Crippen molar-refractivity contribution in [3.63, 3.8) is 0 Å². The predicted octanol–water partition coefficient (Wildman–Crippen LogP) is 4.00. The highest BCUT2D eigenvalue weighted by atomic mass is 32.2. The standard InChI is InChI=1S/C19H19N3O3S/c1-13-8-9-16(10-14(13)2)24-11-18-21-22-19(25-18)26-12-17(23)20-15-6-4-3-5-7-15/h3-10H,11-12H2,1-2H3,(H,20,23). The molecule has 3 aromatic rings. The van der Waals surface area contributed by atoms with Crippen molar-refractivity contribution in [3.8, 4) is 5.75 Å². The van der Waals surface area contributed by atoms with Gasteiger partial charge in [0.15, 0.2) is 6.61 Å². The number of hydrogen-bond acceptors (Lipinski definition) is 6. The number of aryl methyl sites for hydroxylation is 2. The van der Waals surface area contributed by atoms with E-state index in [1.807, 2.05) is 55.5 Å². The van der Waals surface area contributed by atoms with Gasteiger partial charge in [-0.2, -0.15) is 0 Å². The Morgan fingerprint density at radius 3 is 2.69 bits per heavy atom. The molecule has 0 aliphatic rings. The lowest BCUT2D eigenvalue weighted by Crippen LogP contribution is -2.13. The monoisotopic (exact) mass is 369 g/mol. The van der Waals surface area contributed by atoms with Crippen molar-refractivity contribution in [1.29, 1.82) is 0 Å². The fourth-order valence-electron chi connectivity index (χ4n) is 2.15. The van der Waals surface area contributed by atoms with E-state index in [9.17, 15) is 4.79 Å². The number of nitrogens with zero attached hydrogens (tertiary/aromatic N) is 2. The molecule has 1 amide bonds. The van der Waals surface area contributed by atoms with Crippen LogP contribution in [-0.4, -0.2) is 21.9 Å². The number of aromatic nitrogens is 2. The number of thioether (sulfide) groups is 1. The molecule has 0 bridgehead atoms. The fraction of sp³-hybridized carbons (Fsp3) is 0.211. The molecule has 26 heavy (non-hydrogen) atoms. The molecule has 1 N–H and O–H groups in total. The van der Waals surface area contributed by atoms with Crippen molar-refractivity contribution < 1.29 is 13.9 Å². The average molecular weight is 369 g/mol. The number of hydrogen-bond donors (Lipinski definition) is 1. The zero-order valence-electron chi connectivity index (χ0n) is 14.6. The van der Waals surface area contributed by atoms with Crippen molar-refractivity contribution in [2.75, 3.05) is 11.1 Å². The van der Waals surface area contributed by atoms with Crippen molar-refractivity contribution in [3.05, 3.63) is 65.5 Å². The number of ether oxygens (including phenoxy) is 1. The maximum Gasteiger partial charge on any atom is 0.277 e. The van der Waals surface area contributed by atoms with Crippen LogP contribution in [0.4, 0.5) is 5.69 Å². The van der Waals surface area contributed by atoms with Gasteiger partial charge in [-0.25, -0.2) is 0 Å². The van der Waals surface area contributed by atoms with Gasteiger partial charge in [0.2, 0.25) is 5.91 Å². The van der Waals surface area contributed by atoms with E-state index >= 15 is 0 Å². The van der Waals surface area contributed by atoms with Crippen LogP contribution in [0.3, 0.4) is 0 Å². The van der Waals surface area contributed by atoms with Crippen LogP contribution < -0.4 is 10.1 Å². The van der Waals surface area contributed by atoms with Gasteiger partial charge in [-0.3, -0.25) is 4.79 Å². The van der Waals surface area contributed by atoms with Crippen LogP contribution >= 0.6 is 11.8 Å². The summed E-state index contributed by atoms with van der Waals surface area (Å²) in [5.41, 5.74) is 3.13. The molecule has 0 radical (unpaired) electrons. The minimum absolute atomic E-state index is 0.132. The van der Waals surface area contributed by atoms with Crippen LogP contribution in [0.1, 0.15) is 17.0 Å². The van der Waals surface area contributed by atoms with Crippen molar-refractivity contribution >= 4 is 23.4 Å². The van der Waals surface area contributed by atoms with E-state index in [0.717, 1.165) is 17.0 Å². The van der Waals surface area contributed by atoms with E-state index in [1.165, 1.54) is 17.3 Å². The summed E-state index contributed by atoms with van der Waals surface area (Å²) in [6.07, 6.45) is 0. The van der Waals surface area contributed by atoms with Crippen molar-refractivity contribution in [1.82, 2.24) is 10.2 Å². The van der Waals surface area contributed by atoms with E-state index in [1.54, 1.807) is 0 Å². The lowest BCUT2D eigenvalue weighted by molar-refractivity contribution is -0.113. The minimum Gasteiger partial charge on any atom is -0.484 e. The van der Waals surface area contributed by atoms with Crippen LogP contribution in [-0.2, 0) is 11.4 Å². The molecular weight excluding hydrogens is 350 g/mol. The highest BCUT2D eigenvalue weighted by Crippen LogP contribution is 2.20. The molecule has 0 saturated carbocycles. The normalized spacial score (nSPS) is 10.5. The number of rotatable bonds is 7. The van der Waals surface area contributed by atoms with Crippen LogP contribution in [0.25, 0.3) is 0 Å². The number of benzene rings is 2. The molecule has 0 saturated heterocycles. The van der Waals surface area contributed by atoms with Gasteiger partial charge in [-0.1, -0.05) is 36.0 Å². The molecule has 6 nitrogen and oxygen atoms in total. The molecule has 2 aromatic carbocycles. The SMILES string of the molecule is Cc1ccc(OCc2nnc(SCC(=O)Nc3ccccc3)o2)cc1C. The molecule has 1 heterocycles. The van der Waals surface area contributed by atoms with Crippen LogP contribution in [0.2, 0.25) is 0 Å². The Balaban J connectivity index is 1.47. The number of carbonyl (C=O) groups excluding carboxylic acids is 1. The Morgan fingerprint density at radius 1 is 1.12 bits per heavy atom. The summed E-state index contributed by atoms with van der Waals surface area (Å²) in [6, 6.07) is 15.2. The first-order chi connectivity index (χ1) is 12.6. The minimum atomic E-state index is -0.132. The Morgan fingerprint density at radius 2 is 1.92 bits per heavy atom. The van der Waals surface area contributed by atoms with E-state index in [2.05, 4.69) is 22.4 Å². The molecule has 0 unspecified atom stereocenters. The summed E-state index contributed by atoms with van der Waals surface area (Å²) in [7, 11) is 0. The lowest BCUT2D eigenvalue weighted by atomic mass is 10.1. The third kappa shape index (κ3) is 5.10. The number of amides is 1. The first-order valence-electron chi connectivity index (χ1n) is 8.10. The summed E-state index contributed by atoms with van der Waals surface area (Å²) in [5, 5.41) is 11.0. The molecule has 1 aromatic heterocycles. The first-order valence-corrected chi connectivity index (χ1v) is 9.09. The summed E-state index contributed by atoms with van der Waals surface area (Å²) in [4.78, 5) is 11.9. The zero-order valence-corrected chi connectivity index (χ0v) is 15.4. The van der Waals surface area contributed by atoms with Gasteiger partial charge in [-0.05, 0) is 49.2 Å². The van der Waals surface area contributed by atoms with Crippen LogP contribution in [0.5, 0.6) is 5.75 Å². The Kier molecular flexibility index (Phi) is 5.91. The second-order valence-electron chi connectivity index (χ2n) is 5.70. The molecule has 0 fully saturated rings. The molecular formula is C19H19N3O3S. The second-order valence-corrected chi connectivity index (χ2v) is 6.63. The van der Waals surface area contributed by atoms with E-state index in [0.29, 0.717) is 11.1 Å². The van der Waals surface area contributed by atoms with Gasteiger partial charge in [0.1, 0.15) is 5.75 Å². The zero-order chi connectivity index (χ0) is 18.4. The number of para-hydroxylation sites is 1. The van der Waals surface area contributed by atoms with Crippen LogP contribution in [0.15, 0.2) is 58.2 Å². The highest BCUT2D eigenvalue weighted by molar-refractivity contribution is 7.99. The van der Waals surface area contributed by atoms with Gasteiger partial charge in [0.05, 0.1) is 5.75 Å². The molecule has 0 aliphatic carbocycles. The van der Waals surface area contributed by atoms with Crippen LogP contribution in [0, 0.1) is 13.8 Å². The molecule has 0 spiro atoms. The number of carbonyl (C=O) groups is 1. The summed E-state index contributed by atoms with van der Waals surface area (Å²) in [5.74, 6) is 1.18. The smallest absolute Gasteiger partial charge is 0.277 e. The predicted molar refractivity (Wildman–Crippen MR) is 100 cm³/mol. The Hall–Kier alpha value is -2.80. The molecule has 0 atom stereocenters. The van der Waals surface area contributed by atoms with Gasteiger partial charge in [0.25, 0.3) is 11.1 Å². The fourth-order valence-corrected chi connectivity index (χ4v) is 2.73. The molecule has 134 valence electrons. The molecule has 3 rings (SSSR count). The maximum atomic E-state index is 11.9. The summed E-state index contributed by atoms with van der Waals surface area (Å²) < 4.78 is 11.2. The van der Waals surface area contributed by atoms with E-state index in [-0.39, 0.29) is 18.3 Å². The third-order valence-corrected chi connectivity index (χ3v) is 4.49.